The highest BCUT2D eigenvalue weighted by Crippen LogP contribution is 2.34. The van der Waals surface area contributed by atoms with Gasteiger partial charge in [-0.3, -0.25) is 4.79 Å². The summed E-state index contributed by atoms with van der Waals surface area (Å²) < 4.78 is 0. The molecule has 20 heavy (non-hydrogen) atoms. The van der Waals surface area contributed by atoms with E-state index in [-0.39, 0.29) is 11.9 Å². The van der Waals surface area contributed by atoms with E-state index < -0.39 is 0 Å². The van der Waals surface area contributed by atoms with E-state index >= 15 is 0 Å². The van der Waals surface area contributed by atoms with Crippen LogP contribution in [-0.4, -0.2) is 49.7 Å². The Morgan fingerprint density at radius 2 is 2.10 bits per heavy atom. The molecular formula is C14H19N5O. The summed E-state index contributed by atoms with van der Waals surface area (Å²) in [5.41, 5.74) is 1.98. The van der Waals surface area contributed by atoms with Gasteiger partial charge in [0, 0.05) is 32.7 Å². The number of hydrogen-bond acceptors (Lipinski definition) is 5. The summed E-state index contributed by atoms with van der Waals surface area (Å²) in [7, 11) is 0. The lowest BCUT2D eigenvalue weighted by Gasteiger charge is -2.40. The maximum Gasteiger partial charge on any atom is 0.248 e. The normalized spacial score (nSPS) is 25.2. The lowest BCUT2D eigenvalue weighted by Crippen LogP contribution is -2.59. The third kappa shape index (κ3) is 1.83. The number of anilines is 3. The predicted octanol–water partition coefficient (Wildman–Crippen LogP) is 0.412. The summed E-state index contributed by atoms with van der Waals surface area (Å²) in [4.78, 5) is 21.3. The number of hydrogen-bond donors (Lipinski definition) is 2. The number of pyridine rings is 1. The molecule has 4 heterocycles. The standard InChI is InChI=1S/C14H19N5O/c20-14-12-9-15-3-6-19(12)13-11(17-14)7-10(8-16-13)18-4-1-2-5-18/h7-8,12,15H,1-6,9H2,(H,17,20). The van der Waals surface area contributed by atoms with E-state index in [1.54, 1.807) is 0 Å². The molecule has 1 atom stereocenters. The molecular weight excluding hydrogens is 254 g/mol. The first kappa shape index (κ1) is 12.0. The van der Waals surface area contributed by atoms with Gasteiger partial charge in [0.2, 0.25) is 5.91 Å². The fraction of sp³-hybridized carbons (Fsp3) is 0.571. The fourth-order valence-electron chi connectivity index (χ4n) is 3.32. The van der Waals surface area contributed by atoms with Gasteiger partial charge in [0.15, 0.2) is 5.82 Å². The Kier molecular flexibility index (Phi) is 2.77. The summed E-state index contributed by atoms with van der Waals surface area (Å²) >= 11 is 0. The fourth-order valence-corrected chi connectivity index (χ4v) is 3.32. The van der Waals surface area contributed by atoms with Crippen LogP contribution in [0.3, 0.4) is 0 Å². The van der Waals surface area contributed by atoms with E-state index in [4.69, 9.17) is 0 Å². The molecule has 6 nitrogen and oxygen atoms in total. The van der Waals surface area contributed by atoms with Gasteiger partial charge >= 0.3 is 0 Å². The van der Waals surface area contributed by atoms with Gasteiger partial charge in [0.1, 0.15) is 6.04 Å². The molecule has 1 aromatic rings. The number of aromatic nitrogens is 1. The zero-order valence-electron chi connectivity index (χ0n) is 11.4. The first-order chi connectivity index (χ1) is 9.83. The van der Waals surface area contributed by atoms with Crippen molar-refractivity contribution in [2.75, 3.05) is 47.8 Å². The van der Waals surface area contributed by atoms with Crippen molar-refractivity contribution in [1.29, 1.82) is 0 Å². The Morgan fingerprint density at radius 3 is 2.95 bits per heavy atom. The third-order valence-corrected chi connectivity index (χ3v) is 4.40. The lowest BCUT2D eigenvalue weighted by molar-refractivity contribution is -0.117. The van der Waals surface area contributed by atoms with Gasteiger partial charge in [-0.1, -0.05) is 0 Å². The van der Waals surface area contributed by atoms with E-state index in [2.05, 4.69) is 31.5 Å². The van der Waals surface area contributed by atoms with Crippen LogP contribution in [0, 0.1) is 0 Å². The Morgan fingerprint density at radius 1 is 1.25 bits per heavy atom. The van der Waals surface area contributed by atoms with Crippen LogP contribution in [-0.2, 0) is 4.79 Å². The van der Waals surface area contributed by atoms with Crippen molar-refractivity contribution in [3.63, 3.8) is 0 Å². The van der Waals surface area contributed by atoms with Crippen molar-refractivity contribution < 1.29 is 4.79 Å². The second-order valence-corrected chi connectivity index (χ2v) is 5.66. The Hall–Kier alpha value is -1.82. The van der Waals surface area contributed by atoms with Crippen LogP contribution in [0.15, 0.2) is 12.3 Å². The largest absolute Gasteiger partial charge is 0.370 e. The molecule has 4 rings (SSSR count). The molecule has 0 aromatic carbocycles. The van der Waals surface area contributed by atoms with Crippen LogP contribution in [0.2, 0.25) is 0 Å². The van der Waals surface area contributed by atoms with Gasteiger partial charge in [-0.2, -0.15) is 0 Å². The molecule has 1 amide bonds. The van der Waals surface area contributed by atoms with Crippen LogP contribution in [0.1, 0.15) is 12.8 Å². The molecule has 6 heteroatoms. The van der Waals surface area contributed by atoms with Gasteiger partial charge in [-0.15, -0.1) is 0 Å². The van der Waals surface area contributed by atoms with E-state index in [9.17, 15) is 4.79 Å². The highest BCUT2D eigenvalue weighted by molar-refractivity contribution is 6.03. The molecule has 0 spiro atoms. The molecule has 0 bridgehead atoms. The molecule has 2 N–H and O–H groups in total. The number of amides is 1. The number of fused-ring (bicyclic) bond motifs is 3. The van der Waals surface area contributed by atoms with Crippen LogP contribution < -0.4 is 20.4 Å². The van der Waals surface area contributed by atoms with Gasteiger partial charge in [-0.25, -0.2) is 4.98 Å². The number of carbonyl (C=O) groups excluding carboxylic acids is 1. The maximum absolute atomic E-state index is 12.2. The summed E-state index contributed by atoms with van der Waals surface area (Å²) in [5.74, 6) is 0.990. The Bertz CT molecular complexity index is 540. The van der Waals surface area contributed by atoms with Gasteiger partial charge in [-0.05, 0) is 18.9 Å². The summed E-state index contributed by atoms with van der Waals surface area (Å²) in [6.07, 6.45) is 4.42. The van der Waals surface area contributed by atoms with Gasteiger partial charge < -0.3 is 20.4 Å². The quantitative estimate of drug-likeness (QED) is 0.776. The lowest BCUT2D eigenvalue weighted by atomic mass is 10.1. The summed E-state index contributed by atoms with van der Waals surface area (Å²) in [5, 5.41) is 6.28. The SMILES string of the molecule is O=C1Nc2cc(N3CCCC3)cnc2N2CCNCC12. The van der Waals surface area contributed by atoms with E-state index in [1.807, 2.05) is 6.20 Å². The first-order valence-electron chi connectivity index (χ1n) is 7.36. The minimum absolute atomic E-state index is 0.0741. The van der Waals surface area contributed by atoms with Crippen molar-refractivity contribution in [3.8, 4) is 0 Å². The van der Waals surface area contributed by atoms with E-state index in [1.165, 1.54) is 12.8 Å². The molecule has 1 aromatic heterocycles. The monoisotopic (exact) mass is 273 g/mol. The van der Waals surface area contributed by atoms with Gasteiger partial charge in [0.25, 0.3) is 0 Å². The van der Waals surface area contributed by atoms with Crippen molar-refractivity contribution in [2.45, 2.75) is 18.9 Å². The highest BCUT2D eigenvalue weighted by Gasteiger charge is 2.35. The van der Waals surface area contributed by atoms with Crippen molar-refractivity contribution >= 4 is 23.1 Å². The smallest absolute Gasteiger partial charge is 0.248 e. The van der Waals surface area contributed by atoms with Crippen LogP contribution in [0.5, 0.6) is 0 Å². The Labute approximate surface area is 118 Å². The molecule has 0 radical (unpaired) electrons. The van der Waals surface area contributed by atoms with Crippen LogP contribution in [0.4, 0.5) is 17.2 Å². The third-order valence-electron chi connectivity index (χ3n) is 4.40. The molecule has 3 aliphatic rings. The summed E-state index contributed by atoms with van der Waals surface area (Å²) in [6, 6.07) is 1.95. The second-order valence-electron chi connectivity index (χ2n) is 5.66. The van der Waals surface area contributed by atoms with Crippen molar-refractivity contribution in [3.05, 3.63) is 12.3 Å². The maximum atomic E-state index is 12.2. The van der Waals surface area contributed by atoms with Crippen LogP contribution in [0.25, 0.3) is 0 Å². The molecule has 3 aliphatic heterocycles. The number of carbonyl (C=O) groups is 1. The van der Waals surface area contributed by atoms with Gasteiger partial charge in [0.05, 0.1) is 17.6 Å². The first-order valence-corrected chi connectivity index (χ1v) is 7.36. The molecule has 106 valence electrons. The average molecular weight is 273 g/mol. The van der Waals surface area contributed by atoms with Crippen molar-refractivity contribution in [1.82, 2.24) is 10.3 Å². The minimum Gasteiger partial charge on any atom is -0.370 e. The number of nitrogens with zero attached hydrogens (tertiary/aromatic N) is 3. The summed E-state index contributed by atoms with van der Waals surface area (Å²) in [6.45, 7) is 4.61. The topological polar surface area (TPSA) is 60.5 Å². The van der Waals surface area contributed by atoms with Crippen LogP contribution >= 0.6 is 0 Å². The minimum atomic E-state index is -0.124. The van der Waals surface area contributed by atoms with E-state index in [0.29, 0.717) is 6.54 Å². The highest BCUT2D eigenvalue weighted by atomic mass is 16.2. The molecule has 2 saturated heterocycles. The zero-order valence-corrected chi connectivity index (χ0v) is 11.4. The predicted molar refractivity (Wildman–Crippen MR) is 78.3 cm³/mol. The van der Waals surface area contributed by atoms with E-state index in [0.717, 1.165) is 43.4 Å². The number of piperazine rings is 1. The molecule has 0 aliphatic carbocycles. The second kappa shape index (κ2) is 4.63. The average Bonchev–Trinajstić information content (AvgIpc) is 3.01. The Balaban J connectivity index is 1.69. The molecule has 1 unspecified atom stereocenters. The molecule has 0 saturated carbocycles. The number of rotatable bonds is 1. The zero-order chi connectivity index (χ0) is 13.5. The van der Waals surface area contributed by atoms with Crippen molar-refractivity contribution in [2.24, 2.45) is 0 Å². The number of nitrogens with one attached hydrogen (secondary N) is 2. The molecule has 2 fully saturated rings.